The van der Waals surface area contributed by atoms with Gasteiger partial charge in [0.15, 0.2) is 0 Å². The molecule has 0 heterocycles. The Bertz CT molecular complexity index is 162. The van der Waals surface area contributed by atoms with E-state index in [1.807, 2.05) is 0 Å². The molecule has 1 atom stereocenters. The van der Waals surface area contributed by atoms with Gasteiger partial charge in [-0.1, -0.05) is 57.8 Å². The first kappa shape index (κ1) is 18.9. The summed E-state index contributed by atoms with van der Waals surface area (Å²) in [4.78, 5) is 0. The minimum absolute atomic E-state index is 0.122. The van der Waals surface area contributed by atoms with Crippen molar-refractivity contribution in [1.29, 1.82) is 0 Å². The topological polar surface area (TPSA) is 60.7 Å². The van der Waals surface area contributed by atoms with E-state index in [1.165, 1.54) is 25.7 Å². The molecule has 3 heteroatoms. The molecular formula is C16H34O3. The van der Waals surface area contributed by atoms with Crippen LogP contribution in [0.15, 0.2) is 0 Å². The van der Waals surface area contributed by atoms with Crippen molar-refractivity contribution in [1.82, 2.24) is 0 Å². The van der Waals surface area contributed by atoms with Crippen molar-refractivity contribution in [2.45, 2.75) is 89.6 Å². The molecule has 0 saturated heterocycles. The van der Waals surface area contributed by atoms with Crippen molar-refractivity contribution in [2.24, 2.45) is 0 Å². The molecule has 0 rings (SSSR count). The van der Waals surface area contributed by atoms with Crippen LogP contribution >= 0.6 is 0 Å². The number of hydrogen-bond donors (Lipinski definition) is 3. The van der Waals surface area contributed by atoms with Crippen molar-refractivity contribution < 1.29 is 15.3 Å². The molecule has 0 aliphatic rings. The zero-order chi connectivity index (χ0) is 14.2. The number of hydrogen-bond acceptors (Lipinski definition) is 3. The third-order valence-electron chi connectivity index (χ3n) is 3.64. The normalized spacial score (nSPS) is 12.8. The molecule has 0 saturated carbocycles. The van der Waals surface area contributed by atoms with Gasteiger partial charge in [0.25, 0.3) is 0 Å². The Kier molecular flexibility index (Phi) is 15.8. The molecule has 0 spiro atoms. The third kappa shape index (κ3) is 15.8. The molecule has 0 aliphatic carbocycles. The van der Waals surface area contributed by atoms with Crippen molar-refractivity contribution in [3.8, 4) is 0 Å². The van der Waals surface area contributed by atoms with Gasteiger partial charge in [0.1, 0.15) is 0 Å². The summed E-state index contributed by atoms with van der Waals surface area (Å²) in [5.74, 6) is 0. The van der Waals surface area contributed by atoms with E-state index >= 15 is 0 Å². The monoisotopic (exact) mass is 274 g/mol. The lowest BCUT2D eigenvalue weighted by Crippen LogP contribution is -2.06. The van der Waals surface area contributed by atoms with E-state index in [2.05, 4.69) is 0 Å². The summed E-state index contributed by atoms with van der Waals surface area (Å²) in [6, 6.07) is 0. The molecule has 0 amide bonds. The second-order valence-electron chi connectivity index (χ2n) is 5.57. The first-order valence-electron chi connectivity index (χ1n) is 8.21. The largest absolute Gasteiger partial charge is 0.396 e. The van der Waals surface area contributed by atoms with Crippen LogP contribution in [0.2, 0.25) is 0 Å². The number of aliphatic hydroxyl groups excluding tert-OH is 3. The highest BCUT2D eigenvalue weighted by Gasteiger charge is 2.03. The molecule has 0 radical (unpaired) electrons. The lowest BCUT2D eigenvalue weighted by Gasteiger charge is -2.10. The number of rotatable bonds is 15. The van der Waals surface area contributed by atoms with Gasteiger partial charge in [-0.25, -0.2) is 0 Å². The molecule has 0 aromatic rings. The maximum absolute atomic E-state index is 9.80. The van der Waals surface area contributed by atoms with E-state index in [1.54, 1.807) is 0 Å². The summed E-state index contributed by atoms with van der Waals surface area (Å²) in [5.41, 5.74) is 0. The number of unbranched alkanes of at least 4 members (excludes halogenated alkanes) is 9. The highest BCUT2D eigenvalue weighted by Crippen LogP contribution is 2.13. The van der Waals surface area contributed by atoms with E-state index in [4.69, 9.17) is 10.2 Å². The molecule has 3 N–H and O–H groups in total. The van der Waals surface area contributed by atoms with Crippen LogP contribution in [0.1, 0.15) is 83.5 Å². The van der Waals surface area contributed by atoms with Crippen molar-refractivity contribution in [2.75, 3.05) is 13.2 Å². The summed E-state index contributed by atoms with van der Waals surface area (Å²) in [6.45, 7) is 0.616. The third-order valence-corrected chi connectivity index (χ3v) is 3.64. The second-order valence-corrected chi connectivity index (χ2v) is 5.57. The Morgan fingerprint density at radius 2 is 0.789 bits per heavy atom. The molecule has 0 aliphatic heterocycles. The van der Waals surface area contributed by atoms with E-state index < -0.39 is 0 Å². The summed E-state index contributed by atoms with van der Waals surface area (Å²) in [5, 5.41) is 27.1. The van der Waals surface area contributed by atoms with Gasteiger partial charge in [0.2, 0.25) is 0 Å². The van der Waals surface area contributed by atoms with Crippen molar-refractivity contribution in [3.63, 3.8) is 0 Å². The standard InChI is InChI=1S/C16H34O3/c17-14-10-6-3-1-2-4-8-12-16(19)13-9-5-7-11-15-18/h16-19H,1-15H2/t16-/m0/s1. The molecule has 116 valence electrons. The molecule has 0 aromatic heterocycles. The summed E-state index contributed by atoms with van der Waals surface area (Å²) in [6.07, 6.45) is 14.1. The molecule has 0 bridgehead atoms. The maximum atomic E-state index is 9.80. The Hall–Kier alpha value is -0.120. The van der Waals surface area contributed by atoms with Crippen molar-refractivity contribution >= 4 is 0 Å². The van der Waals surface area contributed by atoms with Gasteiger partial charge < -0.3 is 15.3 Å². The first-order chi connectivity index (χ1) is 9.31. The fourth-order valence-corrected chi connectivity index (χ4v) is 2.37. The molecule has 0 unspecified atom stereocenters. The molecular weight excluding hydrogens is 240 g/mol. The van der Waals surface area contributed by atoms with Crippen LogP contribution in [0.5, 0.6) is 0 Å². The summed E-state index contributed by atoms with van der Waals surface area (Å²) in [7, 11) is 0. The van der Waals surface area contributed by atoms with Gasteiger partial charge in [0, 0.05) is 13.2 Å². The fraction of sp³-hybridized carbons (Fsp3) is 1.00. The van der Waals surface area contributed by atoms with Gasteiger partial charge in [0.05, 0.1) is 6.10 Å². The highest BCUT2D eigenvalue weighted by atomic mass is 16.3. The van der Waals surface area contributed by atoms with Crippen molar-refractivity contribution in [3.05, 3.63) is 0 Å². The maximum Gasteiger partial charge on any atom is 0.0540 e. The molecule has 19 heavy (non-hydrogen) atoms. The number of aliphatic hydroxyl groups is 3. The average Bonchev–Trinajstić information content (AvgIpc) is 2.41. The van der Waals surface area contributed by atoms with Gasteiger partial charge in [-0.3, -0.25) is 0 Å². The minimum atomic E-state index is -0.122. The fourth-order valence-electron chi connectivity index (χ4n) is 2.37. The predicted octanol–water partition coefficient (Wildman–Crippen LogP) is 3.40. The molecule has 3 nitrogen and oxygen atoms in total. The Morgan fingerprint density at radius 1 is 0.474 bits per heavy atom. The van der Waals surface area contributed by atoms with E-state index in [9.17, 15) is 5.11 Å². The summed E-state index contributed by atoms with van der Waals surface area (Å²) < 4.78 is 0. The van der Waals surface area contributed by atoms with Gasteiger partial charge in [-0.2, -0.15) is 0 Å². The SMILES string of the molecule is OCCCCCCCCC[C@H](O)CCCCCCO. The first-order valence-corrected chi connectivity index (χ1v) is 8.21. The van der Waals surface area contributed by atoms with Crippen LogP contribution < -0.4 is 0 Å². The van der Waals surface area contributed by atoms with Crippen LogP contribution in [-0.4, -0.2) is 34.6 Å². The molecule has 0 fully saturated rings. The molecule has 0 aromatic carbocycles. The Morgan fingerprint density at radius 3 is 1.16 bits per heavy atom. The van der Waals surface area contributed by atoms with Crippen LogP contribution in [-0.2, 0) is 0 Å². The summed E-state index contributed by atoms with van der Waals surface area (Å²) >= 11 is 0. The highest BCUT2D eigenvalue weighted by molar-refractivity contribution is 4.57. The van der Waals surface area contributed by atoms with E-state index in [0.29, 0.717) is 13.2 Å². The Balaban J connectivity index is 3.09. The van der Waals surface area contributed by atoms with Crippen LogP contribution in [0.4, 0.5) is 0 Å². The zero-order valence-electron chi connectivity index (χ0n) is 12.5. The van der Waals surface area contributed by atoms with Crippen LogP contribution in [0, 0.1) is 0 Å². The second kappa shape index (κ2) is 15.9. The smallest absolute Gasteiger partial charge is 0.0540 e. The van der Waals surface area contributed by atoms with E-state index in [0.717, 1.165) is 57.8 Å². The average molecular weight is 274 g/mol. The van der Waals surface area contributed by atoms with Crippen LogP contribution in [0.25, 0.3) is 0 Å². The lowest BCUT2D eigenvalue weighted by molar-refractivity contribution is 0.147. The zero-order valence-corrected chi connectivity index (χ0v) is 12.5. The van der Waals surface area contributed by atoms with Gasteiger partial charge >= 0.3 is 0 Å². The lowest BCUT2D eigenvalue weighted by atomic mass is 10.0. The van der Waals surface area contributed by atoms with E-state index in [-0.39, 0.29) is 6.10 Å². The predicted molar refractivity (Wildman–Crippen MR) is 80.2 cm³/mol. The minimum Gasteiger partial charge on any atom is -0.396 e. The van der Waals surface area contributed by atoms with Gasteiger partial charge in [-0.15, -0.1) is 0 Å². The quantitative estimate of drug-likeness (QED) is 0.401. The Labute approximate surface area is 119 Å². The van der Waals surface area contributed by atoms with Gasteiger partial charge in [-0.05, 0) is 25.7 Å². The van der Waals surface area contributed by atoms with Crippen LogP contribution in [0.3, 0.4) is 0 Å².